The van der Waals surface area contributed by atoms with Gasteiger partial charge >= 0.3 is 0 Å². The van der Waals surface area contributed by atoms with Crippen LogP contribution in [0.15, 0.2) is 30.5 Å². The fourth-order valence-corrected chi connectivity index (χ4v) is 3.51. The van der Waals surface area contributed by atoms with Gasteiger partial charge in [-0.2, -0.15) is 5.10 Å². The number of nitrogens with one attached hydrogen (secondary N) is 1. The molecule has 1 amide bonds. The van der Waals surface area contributed by atoms with Gasteiger partial charge < -0.3 is 15.8 Å². The van der Waals surface area contributed by atoms with E-state index in [1.807, 2.05) is 12.1 Å². The Balaban J connectivity index is 1.68. The topological polar surface area (TPSA) is 85.4 Å². The summed E-state index contributed by atoms with van der Waals surface area (Å²) in [5, 5.41) is 7.03. The van der Waals surface area contributed by atoms with Crippen LogP contribution in [-0.2, 0) is 7.05 Å². The number of benzene rings is 1. The molecule has 1 aliphatic heterocycles. The number of amides is 1. The molecule has 2 atom stereocenters. The lowest BCUT2D eigenvalue weighted by Gasteiger charge is -2.26. The lowest BCUT2D eigenvalue weighted by Crippen LogP contribution is -2.32. The van der Waals surface area contributed by atoms with E-state index in [0.717, 1.165) is 18.7 Å². The van der Waals surface area contributed by atoms with Crippen molar-refractivity contribution < 1.29 is 9.53 Å². The number of hydrogen-bond donors (Lipinski definition) is 2. The lowest BCUT2D eigenvalue weighted by molar-refractivity contribution is 0.0944. The van der Waals surface area contributed by atoms with Crippen molar-refractivity contribution in [3.05, 3.63) is 41.6 Å². The van der Waals surface area contributed by atoms with Crippen LogP contribution in [0, 0.1) is 5.92 Å². The molecule has 2 heterocycles. The predicted octanol–water partition coefficient (Wildman–Crippen LogP) is 1.43. The molecule has 2 aromatic rings. The molecule has 0 aliphatic carbocycles. The van der Waals surface area contributed by atoms with Crippen molar-refractivity contribution in [3.63, 3.8) is 0 Å². The highest BCUT2D eigenvalue weighted by molar-refractivity contribution is 5.98. The SMILES string of the molecule is COc1ccc([C@H]2[C@H](CNC(=O)c3cnn(C)c3N)CCN2C)cc1. The second-order valence-corrected chi connectivity index (χ2v) is 6.52. The maximum atomic E-state index is 12.4. The minimum atomic E-state index is -0.173. The van der Waals surface area contributed by atoms with Gasteiger partial charge in [0.2, 0.25) is 0 Å². The van der Waals surface area contributed by atoms with E-state index in [-0.39, 0.29) is 11.9 Å². The van der Waals surface area contributed by atoms with Gasteiger partial charge in [0, 0.05) is 19.6 Å². The monoisotopic (exact) mass is 343 g/mol. The largest absolute Gasteiger partial charge is 0.497 e. The fourth-order valence-electron chi connectivity index (χ4n) is 3.51. The summed E-state index contributed by atoms with van der Waals surface area (Å²) in [6.45, 7) is 1.61. The Bertz CT molecular complexity index is 740. The molecule has 25 heavy (non-hydrogen) atoms. The van der Waals surface area contributed by atoms with Crippen molar-refractivity contribution in [2.75, 3.05) is 33.0 Å². The molecule has 134 valence electrons. The van der Waals surface area contributed by atoms with Crippen LogP contribution in [0.2, 0.25) is 0 Å². The molecule has 0 bridgehead atoms. The van der Waals surface area contributed by atoms with Crippen LogP contribution in [-0.4, -0.2) is 47.8 Å². The minimum Gasteiger partial charge on any atom is -0.497 e. The molecule has 0 unspecified atom stereocenters. The number of nitrogens with zero attached hydrogens (tertiary/aromatic N) is 3. The van der Waals surface area contributed by atoms with E-state index in [4.69, 9.17) is 10.5 Å². The summed E-state index contributed by atoms with van der Waals surface area (Å²) in [5.41, 5.74) is 7.54. The van der Waals surface area contributed by atoms with Gasteiger partial charge in [0.05, 0.1) is 13.3 Å². The minimum absolute atomic E-state index is 0.173. The quantitative estimate of drug-likeness (QED) is 0.858. The molecule has 0 saturated carbocycles. The van der Waals surface area contributed by atoms with Crippen LogP contribution in [0.25, 0.3) is 0 Å². The highest BCUT2D eigenvalue weighted by Gasteiger charge is 2.33. The summed E-state index contributed by atoms with van der Waals surface area (Å²) in [5.74, 6) is 1.41. The third-order valence-corrected chi connectivity index (χ3v) is 4.99. The number of anilines is 1. The van der Waals surface area contributed by atoms with Crippen LogP contribution >= 0.6 is 0 Å². The molecule has 1 fully saturated rings. The third kappa shape index (κ3) is 3.46. The molecule has 7 nitrogen and oxygen atoms in total. The molecule has 0 radical (unpaired) electrons. The summed E-state index contributed by atoms with van der Waals surface area (Å²) in [6.07, 6.45) is 2.54. The molecule has 1 aliphatic rings. The molecule has 1 aromatic heterocycles. The van der Waals surface area contributed by atoms with Crippen molar-refractivity contribution >= 4 is 11.7 Å². The van der Waals surface area contributed by atoms with Gasteiger partial charge in [0.1, 0.15) is 17.1 Å². The van der Waals surface area contributed by atoms with E-state index < -0.39 is 0 Å². The highest BCUT2D eigenvalue weighted by Crippen LogP contribution is 2.36. The van der Waals surface area contributed by atoms with E-state index in [0.29, 0.717) is 23.8 Å². The summed E-state index contributed by atoms with van der Waals surface area (Å²) in [4.78, 5) is 14.7. The smallest absolute Gasteiger partial charge is 0.256 e. The van der Waals surface area contributed by atoms with Crippen LogP contribution in [0.1, 0.15) is 28.4 Å². The van der Waals surface area contributed by atoms with Gasteiger partial charge in [0.15, 0.2) is 0 Å². The summed E-state index contributed by atoms with van der Waals surface area (Å²) in [6, 6.07) is 8.43. The average Bonchev–Trinajstić information content (AvgIpc) is 3.16. The van der Waals surface area contributed by atoms with Gasteiger partial charge in [-0.15, -0.1) is 0 Å². The number of carbonyl (C=O) groups excluding carboxylic acids is 1. The molecule has 3 N–H and O–H groups in total. The average molecular weight is 343 g/mol. The van der Waals surface area contributed by atoms with Crippen LogP contribution in [0.5, 0.6) is 5.75 Å². The van der Waals surface area contributed by atoms with Crippen LogP contribution in [0.3, 0.4) is 0 Å². The summed E-state index contributed by atoms with van der Waals surface area (Å²) < 4.78 is 6.73. The Hall–Kier alpha value is -2.54. The molecule has 3 rings (SSSR count). The van der Waals surface area contributed by atoms with Gasteiger partial charge in [-0.1, -0.05) is 12.1 Å². The Labute approximate surface area is 147 Å². The fraction of sp³-hybridized carbons (Fsp3) is 0.444. The van der Waals surface area contributed by atoms with Crippen molar-refractivity contribution in [2.45, 2.75) is 12.5 Å². The molecule has 7 heteroatoms. The number of aryl methyl sites for hydroxylation is 1. The predicted molar refractivity (Wildman–Crippen MR) is 96.4 cm³/mol. The van der Waals surface area contributed by atoms with Crippen molar-refractivity contribution in [1.29, 1.82) is 0 Å². The van der Waals surface area contributed by atoms with E-state index in [9.17, 15) is 4.79 Å². The van der Waals surface area contributed by atoms with Crippen LogP contribution in [0.4, 0.5) is 5.82 Å². The lowest BCUT2D eigenvalue weighted by atomic mass is 9.93. The normalized spacial score (nSPS) is 20.6. The molecule has 0 spiro atoms. The van der Waals surface area contributed by atoms with E-state index in [2.05, 4.69) is 34.5 Å². The number of carbonyl (C=O) groups is 1. The maximum absolute atomic E-state index is 12.4. The van der Waals surface area contributed by atoms with Gasteiger partial charge in [-0.05, 0) is 43.6 Å². The highest BCUT2D eigenvalue weighted by atomic mass is 16.5. The summed E-state index contributed by atoms with van der Waals surface area (Å²) >= 11 is 0. The van der Waals surface area contributed by atoms with Gasteiger partial charge in [0.25, 0.3) is 5.91 Å². The first-order valence-corrected chi connectivity index (χ1v) is 8.41. The first-order valence-electron chi connectivity index (χ1n) is 8.41. The number of aromatic nitrogens is 2. The first-order chi connectivity index (χ1) is 12.0. The van der Waals surface area contributed by atoms with Gasteiger partial charge in [-0.25, -0.2) is 0 Å². The number of rotatable bonds is 5. The zero-order valence-corrected chi connectivity index (χ0v) is 14.9. The van der Waals surface area contributed by atoms with E-state index in [1.54, 1.807) is 14.2 Å². The number of methoxy groups -OCH3 is 1. The van der Waals surface area contributed by atoms with E-state index in [1.165, 1.54) is 16.4 Å². The number of likely N-dealkylation sites (tertiary alicyclic amines) is 1. The standard InChI is InChI=1S/C18H25N5O2/c1-22-9-8-13(16(22)12-4-6-14(25-3)7-5-12)10-20-18(24)15-11-21-23(2)17(15)19/h4-7,11,13,16H,8-10,19H2,1-3H3,(H,20,24)/t13-,16-/m0/s1. The number of nitrogen functional groups attached to an aromatic ring is 1. The molecular weight excluding hydrogens is 318 g/mol. The number of hydrogen-bond acceptors (Lipinski definition) is 5. The number of nitrogens with two attached hydrogens (primary N) is 1. The second-order valence-electron chi connectivity index (χ2n) is 6.52. The Kier molecular flexibility index (Phi) is 4.94. The Morgan fingerprint density at radius 3 is 2.68 bits per heavy atom. The van der Waals surface area contributed by atoms with Crippen molar-refractivity contribution in [1.82, 2.24) is 20.0 Å². The number of ether oxygens (including phenoxy) is 1. The summed E-state index contributed by atoms with van der Waals surface area (Å²) in [7, 11) is 5.51. The Morgan fingerprint density at radius 1 is 1.36 bits per heavy atom. The van der Waals surface area contributed by atoms with Gasteiger partial charge in [-0.3, -0.25) is 14.4 Å². The third-order valence-electron chi connectivity index (χ3n) is 4.99. The molecule has 1 aromatic carbocycles. The maximum Gasteiger partial charge on any atom is 0.256 e. The molecular formula is C18H25N5O2. The zero-order valence-electron chi connectivity index (χ0n) is 14.9. The first kappa shape index (κ1) is 17.3. The Morgan fingerprint density at radius 2 is 2.08 bits per heavy atom. The molecule has 1 saturated heterocycles. The zero-order chi connectivity index (χ0) is 18.0. The van der Waals surface area contributed by atoms with Crippen LogP contribution < -0.4 is 15.8 Å². The van der Waals surface area contributed by atoms with E-state index >= 15 is 0 Å². The second kappa shape index (κ2) is 7.14. The van der Waals surface area contributed by atoms with Crippen molar-refractivity contribution in [2.24, 2.45) is 13.0 Å². The van der Waals surface area contributed by atoms with Crippen molar-refractivity contribution in [3.8, 4) is 5.75 Å².